The van der Waals surface area contributed by atoms with Crippen molar-refractivity contribution in [1.29, 1.82) is 0 Å². The van der Waals surface area contributed by atoms with Gasteiger partial charge in [-0.05, 0) is 25.0 Å². The number of H-pyrrole nitrogens is 1. The number of para-hydroxylation sites is 1. The quantitative estimate of drug-likeness (QED) is 0.718. The van der Waals surface area contributed by atoms with Gasteiger partial charge in [-0.25, -0.2) is 14.9 Å². The van der Waals surface area contributed by atoms with Crippen LogP contribution in [-0.2, 0) is 17.0 Å². The lowest BCUT2D eigenvalue weighted by Crippen LogP contribution is -2.24. The number of thiazole rings is 1. The van der Waals surface area contributed by atoms with Gasteiger partial charge in [-0.1, -0.05) is 23.9 Å². The van der Waals surface area contributed by atoms with Crippen LogP contribution >= 0.6 is 23.1 Å². The smallest absolute Gasteiger partial charge is 0.344 e. The zero-order chi connectivity index (χ0) is 15.6. The number of aromatic nitrogens is 4. The number of benzene rings is 1. The van der Waals surface area contributed by atoms with Crippen LogP contribution in [0.4, 0.5) is 0 Å². The molecular weight excluding hydrogens is 332 g/mol. The zero-order valence-corrected chi connectivity index (χ0v) is 14.0. The first-order valence-corrected chi connectivity index (χ1v) is 9.34. The Bertz CT molecular complexity index is 831. The standard InChI is InChI=1S/C15H16N4O2S2/c20-14-17-18-15(19(14)8-10-4-3-7-21-10)22-9-13-16-11-5-1-2-6-12(11)23-13/h1-2,5-6,10H,3-4,7-9H2,(H,17,20)/t10-/m0/s1. The van der Waals surface area contributed by atoms with Gasteiger partial charge in [-0.15, -0.1) is 16.4 Å². The minimum atomic E-state index is -0.174. The Kier molecular flexibility index (Phi) is 4.19. The molecule has 8 heteroatoms. The van der Waals surface area contributed by atoms with E-state index in [1.54, 1.807) is 15.9 Å². The van der Waals surface area contributed by atoms with Crippen LogP contribution in [0.5, 0.6) is 0 Å². The molecule has 1 fully saturated rings. The Balaban J connectivity index is 1.49. The van der Waals surface area contributed by atoms with Crippen LogP contribution in [0, 0.1) is 0 Å². The van der Waals surface area contributed by atoms with E-state index in [4.69, 9.17) is 4.74 Å². The normalized spacial score (nSPS) is 18.0. The van der Waals surface area contributed by atoms with Crippen LogP contribution in [0.2, 0.25) is 0 Å². The van der Waals surface area contributed by atoms with Gasteiger partial charge in [-0.2, -0.15) is 0 Å². The summed E-state index contributed by atoms with van der Waals surface area (Å²) in [6.45, 7) is 1.35. The molecule has 0 bridgehead atoms. The summed E-state index contributed by atoms with van der Waals surface area (Å²) in [6, 6.07) is 8.10. The topological polar surface area (TPSA) is 72.8 Å². The van der Waals surface area contributed by atoms with Crippen LogP contribution in [0.15, 0.2) is 34.2 Å². The van der Waals surface area contributed by atoms with E-state index in [1.165, 1.54) is 16.5 Å². The Labute approximate surface area is 140 Å². The van der Waals surface area contributed by atoms with Crippen molar-refractivity contribution in [2.75, 3.05) is 6.61 Å². The van der Waals surface area contributed by atoms with E-state index in [2.05, 4.69) is 21.2 Å². The fourth-order valence-corrected chi connectivity index (χ4v) is 4.59. The van der Waals surface area contributed by atoms with Crippen LogP contribution in [0.25, 0.3) is 10.2 Å². The number of ether oxygens (including phenoxy) is 1. The molecule has 3 aromatic rings. The van der Waals surface area contributed by atoms with Gasteiger partial charge in [0.2, 0.25) is 0 Å². The lowest BCUT2D eigenvalue weighted by atomic mass is 10.2. The maximum atomic E-state index is 11.9. The summed E-state index contributed by atoms with van der Waals surface area (Å²) in [4.78, 5) is 16.6. The predicted octanol–water partition coefficient (Wildman–Crippen LogP) is 2.65. The van der Waals surface area contributed by atoms with Crippen molar-refractivity contribution in [2.24, 2.45) is 0 Å². The van der Waals surface area contributed by atoms with Gasteiger partial charge in [-0.3, -0.25) is 4.57 Å². The highest BCUT2D eigenvalue weighted by atomic mass is 32.2. The van der Waals surface area contributed by atoms with Crippen molar-refractivity contribution in [1.82, 2.24) is 19.7 Å². The highest BCUT2D eigenvalue weighted by Crippen LogP contribution is 2.27. The van der Waals surface area contributed by atoms with E-state index in [0.29, 0.717) is 17.5 Å². The molecule has 1 saturated heterocycles. The molecule has 2 aromatic heterocycles. The van der Waals surface area contributed by atoms with Crippen LogP contribution in [0.3, 0.4) is 0 Å². The highest BCUT2D eigenvalue weighted by molar-refractivity contribution is 7.98. The van der Waals surface area contributed by atoms with Gasteiger partial charge in [0.25, 0.3) is 0 Å². The summed E-state index contributed by atoms with van der Waals surface area (Å²) in [5, 5.41) is 8.41. The van der Waals surface area contributed by atoms with Crippen molar-refractivity contribution in [3.63, 3.8) is 0 Å². The molecule has 1 atom stereocenters. The minimum Gasteiger partial charge on any atom is -0.376 e. The van der Waals surface area contributed by atoms with E-state index in [9.17, 15) is 4.79 Å². The van der Waals surface area contributed by atoms with Crippen molar-refractivity contribution in [3.8, 4) is 0 Å². The van der Waals surface area contributed by atoms with Gasteiger partial charge in [0.05, 0.1) is 28.6 Å². The number of fused-ring (bicyclic) bond motifs is 1. The van der Waals surface area contributed by atoms with Gasteiger partial charge in [0.15, 0.2) is 5.16 Å². The molecule has 1 aromatic carbocycles. The van der Waals surface area contributed by atoms with E-state index in [-0.39, 0.29) is 11.8 Å². The molecule has 1 aliphatic rings. The minimum absolute atomic E-state index is 0.118. The average molecular weight is 348 g/mol. The number of hydrogen-bond acceptors (Lipinski definition) is 6. The third-order valence-electron chi connectivity index (χ3n) is 3.80. The summed E-state index contributed by atoms with van der Waals surface area (Å²) < 4.78 is 8.47. The Morgan fingerprint density at radius 1 is 1.43 bits per heavy atom. The molecule has 1 N–H and O–H groups in total. The number of rotatable bonds is 5. The summed E-state index contributed by atoms with van der Waals surface area (Å²) >= 11 is 3.21. The lowest BCUT2D eigenvalue weighted by Gasteiger charge is -2.10. The highest BCUT2D eigenvalue weighted by Gasteiger charge is 2.19. The largest absolute Gasteiger partial charge is 0.376 e. The molecule has 0 amide bonds. The van der Waals surface area contributed by atoms with Crippen molar-refractivity contribution in [2.45, 2.75) is 36.4 Å². The second-order valence-corrected chi connectivity index (χ2v) is 7.48. The predicted molar refractivity (Wildman–Crippen MR) is 91.0 cm³/mol. The SMILES string of the molecule is O=c1[nH]nc(SCc2nc3ccccc3s2)n1C[C@@H]1CCCO1. The number of nitrogens with zero attached hydrogens (tertiary/aromatic N) is 3. The molecule has 6 nitrogen and oxygen atoms in total. The van der Waals surface area contributed by atoms with Gasteiger partial charge >= 0.3 is 5.69 Å². The van der Waals surface area contributed by atoms with Crippen LogP contribution in [-0.4, -0.2) is 32.5 Å². The van der Waals surface area contributed by atoms with Crippen molar-refractivity contribution in [3.05, 3.63) is 39.8 Å². The third kappa shape index (κ3) is 3.19. The Hall–Kier alpha value is -1.64. The molecule has 23 heavy (non-hydrogen) atoms. The number of aromatic amines is 1. The first-order valence-electron chi connectivity index (χ1n) is 7.53. The second-order valence-electron chi connectivity index (χ2n) is 5.42. The molecule has 0 radical (unpaired) electrons. The Morgan fingerprint density at radius 3 is 3.17 bits per heavy atom. The average Bonchev–Trinajstić information content (AvgIpc) is 3.27. The molecule has 4 rings (SSSR count). The van der Waals surface area contributed by atoms with Crippen molar-refractivity contribution < 1.29 is 4.74 Å². The van der Waals surface area contributed by atoms with Crippen LogP contribution < -0.4 is 5.69 Å². The molecule has 0 saturated carbocycles. The molecule has 3 heterocycles. The maximum absolute atomic E-state index is 11.9. The monoisotopic (exact) mass is 348 g/mol. The molecule has 0 spiro atoms. The maximum Gasteiger partial charge on any atom is 0.344 e. The van der Waals surface area contributed by atoms with Gasteiger partial charge in [0.1, 0.15) is 5.01 Å². The fraction of sp³-hybridized carbons (Fsp3) is 0.400. The summed E-state index contributed by atoms with van der Waals surface area (Å²) in [5.74, 6) is 0.704. The first-order chi connectivity index (χ1) is 11.3. The fourth-order valence-electron chi connectivity index (χ4n) is 2.67. The van der Waals surface area contributed by atoms with Gasteiger partial charge in [0, 0.05) is 6.61 Å². The molecule has 120 valence electrons. The Morgan fingerprint density at radius 2 is 2.35 bits per heavy atom. The molecular formula is C15H16N4O2S2. The zero-order valence-electron chi connectivity index (χ0n) is 12.4. The van der Waals surface area contributed by atoms with Crippen molar-refractivity contribution >= 4 is 33.3 Å². The summed E-state index contributed by atoms with van der Waals surface area (Å²) in [6.07, 6.45) is 2.18. The second kappa shape index (κ2) is 6.46. The van der Waals surface area contributed by atoms with E-state index in [0.717, 1.165) is 30.0 Å². The number of hydrogen-bond donors (Lipinski definition) is 1. The summed E-state index contributed by atoms with van der Waals surface area (Å²) in [7, 11) is 0. The van der Waals surface area contributed by atoms with Crippen LogP contribution in [0.1, 0.15) is 17.8 Å². The van der Waals surface area contributed by atoms with E-state index >= 15 is 0 Å². The third-order valence-corrected chi connectivity index (χ3v) is 6.00. The van der Waals surface area contributed by atoms with E-state index in [1.807, 2.05) is 18.2 Å². The van der Waals surface area contributed by atoms with Gasteiger partial charge < -0.3 is 4.74 Å². The molecule has 0 aliphatic carbocycles. The molecule has 0 unspecified atom stereocenters. The summed E-state index contributed by atoms with van der Waals surface area (Å²) in [5.41, 5.74) is 0.846. The number of thioether (sulfide) groups is 1. The lowest BCUT2D eigenvalue weighted by molar-refractivity contribution is 0.0941. The van der Waals surface area contributed by atoms with E-state index < -0.39 is 0 Å². The first kappa shape index (κ1) is 14.9. The number of nitrogens with one attached hydrogen (secondary N) is 1. The molecule has 1 aliphatic heterocycles.